The molecule has 0 bridgehead atoms. The van der Waals surface area contributed by atoms with E-state index >= 15 is 0 Å². The summed E-state index contributed by atoms with van der Waals surface area (Å²) in [7, 11) is 0. The molecule has 0 saturated heterocycles. The van der Waals surface area contributed by atoms with E-state index in [1.165, 1.54) is 11.0 Å². The number of hydrogen-bond donors (Lipinski definition) is 1. The summed E-state index contributed by atoms with van der Waals surface area (Å²) < 4.78 is 10.6. The molecule has 0 spiro atoms. The lowest BCUT2D eigenvalue weighted by Gasteiger charge is -2.18. The Bertz CT molecular complexity index is 742. The molecule has 0 fully saturated rings. The van der Waals surface area contributed by atoms with Gasteiger partial charge in [-0.25, -0.2) is 0 Å². The summed E-state index contributed by atoms with van der Waals surface area (Å²) >= 11 is 12.0. The molecule has 1 N–H and O–H groups in total. The van der Waals surface area contributed by atoms with Gasteiger partial charge in [-0.15, -0.1) is 0 Å². The highest BCUT2D eigenvalue weighted by Crippen LogP contribution is 2.32. The Balaban J connectivity index is 2.01. The highest BCUT2D eigenvalue weighted by Gasteiger charge is 2.20. The summed E-state index contributed by atoms with van der Waals surface area (Å²) in [5.74, 6) is -0.757. The zero-order valence-corrected chi connectivity index (χ0v) is 14.9. The molecule has 0 aliphatic rings. The Morgan fingerprint density at radius 2 is 2.00 bits per heavy atom. The van der Waals surface area contributed by atoms with Crippen LogP contribution in [-0.4, -0.2) is 40.1 Å². The molecule has 0 aliphatic carbocycles. The second-order valence-electron chi connectivity index (χ2n) is 5.05. The smallest absolute Gasteiger partial charge is 0.305 e. The van der Waals surface area contributed by atoms with Gasteiger partial charge in [-0.1, -0.05) is 34.4 Å². The van der Waals surface area contributed by atoms with E-state index in [9.17, 15) is 9.59 Å². The maximum atomic E-state index is 12.3. The Hall–Kier alpha value is -2.25. The first-order chi connectivity index (χ1) is 11.9. The Kier molecular flexibility index (Phi) is 6.66. The fourth-order valence-electron chi connectivity index (χ4n) is 2.04. The van der Waals surface area contributed by atoms with Crippen LogP contribution in [0, 0.1) is 0 Å². The minimum atomic E-state index is -0.975. The molecule has 1 aromatic heterocycles. The van der Waals surface area contributed by atoms with Crippen LogP contribution in [-0.2, 0) is 11.4 Å². The number of carbonyl (C=O) groups is 2. The maximum Gasteiger partial charge on any atom is 0.305 e. The van der Waals surface area contributed by atoms with Crippen LogP contribution in [0.2, 0.25) is 10.0 Å². The van der Waals surface area contributed by atoms with Crippen molar-refractivity contribution in [2.75, 3.05) is 13.1 Å². The molecule has 9 heteroatoms. The topological polar surface area (TPSA) is 92.9 Å². The lowest BCUT2D eigenvalue weighted by Crippen LogP contribution is -2.33. The summed E-state index contributed by atoms with van der Waals surface area (Å²) in [6, 6.07) is 6.41. The van der Waals surface area contributed by atoms with Crippen molar-refractivity contribution in [1.29, 1.82) is 0 Å². The second kappa shape index (κ2) is 8.73. The number of rotatable bonds is 8. The van der Waals surface area contributed by atoms with Crippen LogP contribution in [0.4, 0.5) is 0 Å². The molecule has 7 nitrogen and oxygen atoms in total. The Morgan fingerprint density at radius 1 is 1.32 bits per heavy atom. The number of ether oxygens (including phenoxy) is 1. The minimum absolute atomic E-state index is 0.00894. The quantitative estimate of drug-likeness (QED) is 0.745. The number of para-hydroxylation sites is 1. The fraction of sp³-hybridized carbons (Fsp3) is 0.312. The average molecular weight is 387 g/mol. The van der Waals surface area contributed by atoms with E-state index in [0.29, 0.717) is 28.1 Å². The first kappa shape index (κ1) is 19.1. The molecule has 1 amide bonds. The van der Waals surface area contributed by atoms with E-state index in [-0.39, 0.29) is 25.3 Å². The average Bonchev–Trinajstić information content (AvgIpc) is 3.03. The van der Waals surface area contributed by atoms with Crippen molar-refractivity contribution >= 4 is 35.1 Å². The van der Waals surface area contributed by atoms with E-state index < -0.39 is 11.9 Å². The van der Waals surface area contributed by atoms with E-state index in [2.05, 4.69) is 5.16 Å². The molecule has 2 rings (SSSR count). The van der Waals surface area contributed by atoms with Crippen LogP contribution in [0.5, 0.6) is 5.75 Å². The van der Waals surface area contributed by atoms with E-state index in [1.807, 2.05) is 0 Å². The Morgan fingerprint density at radius 3 is 2.60 bits per heavy atom. The van der Waals surface area contributed by atoms with Crippen LogP contribution < -0.4 is 4.74 Å². The number of amides is 1. The molecule has 0 saturated carbocycles. The third-order valence-electron chi connectivity index (χ3n) is 3.32. The van der Waals surface area contributed by atoms with Gasteiger partial charge in [-0.05, 0) is 19.1 Å². The number of nitrogens with zero attached hydrogens (tertiary/aromatic N) is 2. The largest absolute Gasteiger partial charge is 0.482 e. The third kappa shape index (κ3) is 5.11. The van der Waals surface area contributed by atoms with Crippen LogP contribution in [0.1, 0.15) is 29.6 Å². The molecule has 1 aromatic carbocycles. The third-order valence-corrected chi connectivity index (χ3v) is 3.92. The predicted molar refractivity (Wildman–Crippen MR) is 91.1 cm³/mol. The molecule has 2 aromatic rings. The maximum absolute atomic E-state index is 12.3. The van der Waals surface area contributed by atoms with Gasteiger partial charge < -0.3 is 19.3 Å². The van der Waals surface area contributed by atoms with Crippen molar-refractivity contribution in [3.8, 4) is 5.75 Å². The number of aromatic nitrogens is 1. The molecule has 0 unspecified atom stereocenters. The molecular formula is C16H16Cl2N2O5. The molecule has 1 heterocycles. The van der Waals surface area contributed by atoms with Crippen LogP contribution in [0.15, 0.2) is 28.8 Å². The van der Waals surface area contributed by atoms with E-state index in [4.69, 9.17) is 37.6 Å². The molecule has 0 radical (unpaired) electrons. The van der Waals surface area contributed by atoms with Gasteiger partial charge in [-0.2, -0.15) is 0 Å². The first-order valence-corrected chi connectivity index (χ1v) is 8.21. The van der Waals surface area contributed by atoms with Gasteiger partial charge in [0.15, 0.2) is 17.2 Å². The fourth-order valence-corrected chi connectivity index (χ4v) is 2.55. The second-order valence-corrected chi connectivity index (χ2v) is 5.86. The van der Waals surface area contributed by atoms with Crippen LogP contribution in [0.3, 0.4) is 0 Å². The Labute approximate surface area is 154 Å². The zero-order chi connectivity index (χ0) is 18.4. The van der Waals surface area contributed by atoms with Gasteiger partial charge in [0.2, 0.25) is 0 Å². The number of aliphatic carboxylic acids is 1. The molecule has 25 heavy (non-hydrogen) atoms. The van der Waals surface area contributed by atoms with Gasteiger partial charge in [0.1, 0.15) is 6.61 Å². The molecule has 0 aliphatic heterocycles. The van der Waals surface area contributed by atoms with Gasteiger partial charge >= 0.3 is 5.97 Å². The number of benzene rings is 1. The number of hydrogen-bond acceptors (Lipinski definition) is 5. The highest BCUT2D eigenvalue weighted by molar-refractivity contribution is 6.37. The monoisotopic (exact) mass is 386 g/mol. The number of carboxylic acids is 1. The lowest BCUT2D eigenvalue weighted by atomic mass is 10.3. The normalized spacial score (nSPS) is 10.5. The number of halogens is 2. The van der Waals surface area contributed by atoms with E-state index in [0.717, 1.165) is 0 Å². The molecule has 0 atom stereocenters. The minimum Gasteiger partial charge on any atom is -0.482 e. The molecular weight excluding hydrogens is 371 g/mol. The van der Waals surface area contributed by atoms with Crippen molar-refractivity contribution in [3.63, 3.8) is 0 Å². The summed E-state index contributed by atoms with van der Waals surface area (Å²) in [6.07, 6.45) is -0.140. The van der Waals surface area contributed by atoms with Crippen molar-refractivity contribution in [1.82, 2.24) is 10.1 Å². The molecule has 134 valence electrons. The van der Waals surface area contributed by atoms with Gasteiger partial charge in [0, 0.05) is 19.2 Å². The lowest BCUT2D eigenvalue weighted by molar-refractivity contribution is -0.137. The van der Waals surface area contributed by atoms with Gasteiger partial charge in [0.25, 0.3) is 5.91 Å². The van der Waals surface area contributed by atoms with Crippen molar-refractivity contribution in [3.05, 3.63) is 45.8 Å². The summed E-state index contributed by atoms with van der Waals surface area (Å²) in [6.45, 7) is 2.20. The van der Waals surface area contributed by atoms with E-state index in [1.54, 1.807) is 25.1 Å². The van der Waals surface area contributed by atoms with Crippen LogP contribution >= 0.6 is 23.2 Å². The standard InChI is InChI=1S/C16H16Cl2N2O5/c1-2-20(7-6-14(21)22)16(23)13-8-10(25-19-13)9-24-15-11(17)4-3-5-12(15)18/h3-5,8H,2,6-7,9H2,1H3,(H,21,22). The number of carboxylic acid groups (broad SMARTS) is 1. The van der Waals surface area contributed by atoms with Crippen molar-refractivity contribution < 1.29 is 24.0 Å². The SMILES string of the molecule is CCN(CCC(=O)O)C(=O)c1cc(COc2c(Cl)cccc2Cl)on1. The highest BCUT2D eigenvalue weighted by atomic mass is 35.5. The van der Waals surface area contributed by atoms with Crippen LogP contribution in [0.25, 0.3) is 0 Å². The first-order valence-electron chi connectivity index (χ1n) is 7.45. The number of carbonyl (C=O) groups excluding carboxylic acids is 1. The van der Waals surface area contributed by atoms with Crippen molar-refractivity contribution in [2.45, 2.75) is 20.0 Å². The van der Waals surface area contributed by atoms with Gasteiger partial charge in [-0.3, -0.25) is 9.59 Å². The predicted octanol–water partition coefficient (Wildman–Crippen LogP) is 3.50. The van der Waals surface area contributed by atoms with Crippen molar-refractivity contribution in [2.24, 2.45) is 0 Å². The summed E-state index contributed by atoms with van der Waals surface area (Å²) in [5, 5.41) is 13.1. The summed E-state index contributed by atoms with van der Waals surface area (Å²) in [4.78, 5) is 24.3. The zero-order valence-electron chi connectivity index (χ0n) is 13.4. The summed E-state index contributed by atoms with van der Waals surface area (Å²) in [5.41, 5.74) is 0.0797. The van der Waals surface area contributed by atoms with Gasteiger partial charge in [0.05, 0.1) is 16.5 Å².